The number of non-ortho nitro benzene ring substituents is 1. The number of amides is 1. The number of benzene rings is 2. The Bertz CT molecular complexity index is 1090. The number of nitrogens with zero attached hydrogens (tertiary/aromatic N) is 4. The molecule has 9 heteroatoms. The molecular formula is C23H23N5O4. The molecule has 164 valence electrons. The molecule has 3 aromatic rings. The van der Waals surface area contributed by atoms with Crippen molar-refractivity contribution in [2.24, 2.45) is 5.92 Å². The van der Waals surface area contributed by atoms with Gasteiger partial charge in [-0.1, -0.05) is 12.1 Å². The molecule has 0 unspecified atom stereocenters. The molecule has 1 amide bonds. The first-order valence-electron chi connectivity index (χ1n) is 10.3. The van der Waals surface area contributed by atoms with Crippen LogP contribution in [0.5, 0.6) is 5.75 Å². The normalized spacial score (nSPS) is 14.1. The van der Waals surface area contributed by atoms with E-state index in [1.54, 1.807) is 19.2 Å². The van der Waals surface area contributed by atoms with Crippen LogP contribution in [-0.4, -0.2) is 41.2 Å². The minimum atomic E-state index is -0.465. The molecule has 0 aliphatic carbocycles. The molecule has 1 aromatic heterocycles. The fourth-order valence-corrected chi connectivity index (χ4v) is 3.78. The summed E-state index contributed by atoms with van der Waals surface area (Å²) in [5.74, 6) is 1.32. The van der Waals surface area contributed by atoms with Crippen LogP contribution in [0.4, 0.5) is 17.2 Å². The largest absolute Gasteiger partial charge is 0.496 e. The number of para-hydroxylation sites is 1. The molecule has 32 heavy (non-hydrogen) atoms. The number of carbonyl (C=O) groups is 1. The van der Waals surface area contributed by atoms with E-state index in [1.807, 2.05) is 36.4 Å². The number of aromatic nitrogens is 2. The number of carbonyl (C=O) groups excluding carboxylic acids is 1. The minimum absolute atomic E-state index is 0.00542. The molecule has 0 atom stereocenters. The molecular weight excluding hydrogens is 410 g/mol. The first-order valence-corrected chi connectivity index (χ1v) is 10.3. The summed E-state index contributed by atoms with van der Waals surface area (Å²) in [5, 5.41) is 22.3. The number of anilines is 2. The summed E-state index contributed by atoms with van der Waals surface area (Å²) in [5.41, 5.74) is 2.18. The Morgan fingerprint density at radius 2 is 1.78 bits per heavy atom. The predicted molar refractivity (Wildman–Crippen MR) is 121 cm³/mol. The number of hydrogen-bond acceptors (Lipinski definition) is 7. The summed E-state index contributed by atoms with van der Waals surface area (Å²) in [6.07, 6.45) is 1.38. The van der Waals surface area contributed by atoms with Crippen molar-refractivity contribution in [3.8, 4) is 17.0 Å². The van der Waals surface area contributed by atoms with Crippen LogP contribution in [0.3, 0.4) is 0 Å². The van der Waals surface area contributed by atoms with Crippen LogP contribution in [0.2, 0.25) is 0 Å². The molecule has 0 spiro atoms. The molecule has 2 heterocycles. The molecule has 0 bridgehead atoms. The van der Waals surface area contributed by atoms with Gasteiger partial charge in [0.05, 0.1) is 17.7 Å². The Labute approximate surface area is 185 Å². The van der Waals surface area contributed by atoms with Crippen molar-refractivity contribution in [3.63, 3.8) is 0 Å². The van der Waals surface area contributed by atoms with Crippen LogP contribution >= 0.6 is 0 Å². The molecule has 1 saturated heterocycles. The second-order valence-corrected chi connectivity index (χ2v) is 7.53. The number of nitrogens with one attached hydrogen (secondary N) is 1. The van der Waals surface area contributed by atoms with Crippen molar-refractivity contribution < 1.29 is 14.5 Å². The second kappa shape index (κ2) is 9.42. The van der Waals surface area contributed by atoms with Crippen molar-refractivity contribution in [2.45, 2.75) is 12.8 Å². The predicted octanol–water partition coefficient (Wildman–Crippen LogP) is 3.92. The van der Waals surface area contributed by atoms with Gasteiger partial charge in [-0.2, -0.15) is 0 Å². The molecule has 1 aliphatic heterocycles. The maximum Gasteiger partial charge on any atom is 0.269 e. The van der Waals surface area contributed by atoms with E-state index >= 15 is 0 Å². The monoisotopic (exact) mass is 433 g/mol. The minimum Gasteiger partial charge on any atom is -0.496 e. The lowest BCUT2D eigenvalue weighted by Gasteiger charge is -2.31. The van der Waals surface area contributed by atoms with Crippen LogP contribution in [0.15, 0.2) is 60.7 Å². The Kier molecular flexibility index (Phi) is 6.25. The zero-order valence-corrected chi connectivity index (χ0v) is 17.6. The third-order valence-electron chi connectivity index (χ3n) is 5.57. The van der Waals surface area contributed by atoms with Crippen LogP contribution in [0.1, 0.15) is 12.8 Å². The van der Waals surface area contributed by atoms with Crippen LogP contribution < -0.4 is 15.0 Å². The lowest BCUT2D eigenvalue weighted by Crippen LogP contribution is -2.38. The highest BCUT2D eigenvalue weighted by Crippen LogP contribution is 2.29. The number of hydrogen-bond donors (Lipinski definition) is 1. The first-order chi connectivity index (χ1) is 15.5. The van der Waals surface area contributed by atoms with Crippen molar-refractivity contribution in [1.82, 2.24) is 10.2 Å². The summed E-state index contributed by atoms with van der Waals surface area (Å²) in [4.78, 5) is 25.0. The van der Waals surface area contributed by atoms with E-state index in [4.69, 9.17) is 4.74 Å². The van der Waals surface area contributed by atoms with Gasteiger partial charge in [0.15, 0.2) is 5.82 Å². The van der Waals surface area contributed by atoms with Crippen molar-refractivity contribution in [1.29, 1.82) is 0 Å². The zero-order chi connectivity index (χ0) is 22.5. The Hall–Kier alpha value is -4.01. The standard InChI is InChI=1S/C23H23N5O4/c1-32-21-5-3-2-4-19(21)20-10-11-22(26-25-20)27-14-12-16(13-15-27)23(29)24-17-6-8-18(9-7-17)28(30)31/h2-11,16H,12-15H2,1H3,(H,24,29). The molecule has 9 nitrogen and oxygen atoms in total. The maximum atomic E-state index is 12.6. The van der Waals surface area contributed by atoms with E-state index in [0.717, 1.165) is 22.8 Å². The van der Waals surface area contributed by atoms with E-state index in [9.17, 15) is 14.9 Å². The molecule has 1 N–H and O–H groups in total. The topological polar surface area (TPSA) is 110 Å². The number of nitro benzene ring substituents is 1. The zero-order valence-electron chi connectivity index (χ0n) is 17.6. The van der Waals surface area contributed by atoms with E-state index in [2.05, 4.69) is 20.4 Å². The average molecular weight is 433 g/mol. The van der Waals surface area contributed by atoms with Gasteiger partial charge in [-0.15, -0.1) is 10.2 Å². The maximum absolute atomic E-state index is 12.6. The van der Waals surface area contributed by atoms with Gasteiger partial charge in [-0.25, -0.2) is 0 Å². The fraction of sp³-hybridized carbons (Fsp3) is 0.261. The number of piperidine rings is 1. The van der Waals surface area contributed by atoms with E-state index in [1.165, 1.54) is 12.1 Å². The van der Waals surface area contributed by atoms with Gasteiger partial charge in [0, 0.05) is 42.4 Å². The summed E-state index contributed by atoms with van der Waals surface area (Å²) in [6, 6.07) is 17.4. The van der Waals surface area contributed by atoms with Gasteiger partial charge >= 0.3 is 0 Å². The van der Waals surface area contributed by atoms with E-state index in [-0.39, 0.29) is 17.5 Å². The molecule has 1 fully saturated rings. The third kappa shape index (κ3) is 4.66. The van der Waals surface area contributed by atoms with Crippen molar-refractivity contribution in [2.75, 3.05) is 30.4 Å². The molecule has 0 radical (unpaired) electrons. The van der Waals surface area contributed by atoms with E-state index < -0.39 is 4.92 Å². The lowest BCUT2D eigenvalue weighted by molar-refractivity contribution is -0.384. The summed E-state index contributed by atoms with van der Waals surface area (Å²) in [6.45, 7) is 1.39. The van der Waals surface area contributed by atoms with Gasteiger partial charge in [0.25, 0.3) is 5.69 Å². The Balaban J connectivity index is 1.34. The van der Waals surface area contributed by atoms with Gasteiger partial charge in [0.2, 0.25) is 5.91 Å². The first kappa shape index (κ1) is 21.2. The second-order valence-electron chi connectivity index (χ2n) is 7.53. The van der Waals surface area contributed by atoms with Crippen molar-refractivity contribution in [3.05, 3.63) is 70.8 Å². The number of nitro groups is 1. The van der Waals surface area contributed by atoms with Crippen molar-refractivity contribution >= 4 is 23.1 Å². The Morgan fingerprint density at radius 1 is 1.06 bits per heavy atom. The van der Waals surface area contributed by atoms with Gasteiger partial charge in [0.1, 0.15) is 5.75 Å². The number of rotatable bonds is 6. The number of ether oxygens (including phenoxy) is 1. The van der Waals surface area contributed by atoms with Gasteiger partial charge < -0.3 is 15.0 Å². The number of methoxy groups -OCH3 is 1. The van der Waals surface area contributed by atoms with E-state index in [0.29, 0.717) is 31.6 Å². The molecule has 4 rings (SSSR count). The summed E-state index contributed by atoms with van der Waals surface area (Å²) >= 11 is 0. The quantitative estimate of drug-likeness (QED) is 0.463. The van der Waals surface area contributed by atoms with Crippen LogP contribution in [0, 0.1) is 16.0 Å². The lowest BCUT2D eigenvalue weighted by atomic mass is 9.95. The van der Waals surface area contributed by atoms with Crippen LogP contribution in [-0.2, 0) is 4.79 Å². The molecule has 1 aliphatic rings. The third-order valence-corrected chi connectivity index (χ3v) is 5.57. The average Bonchev–Trinajstić information content (AvgIpc) is 2.84. The fourth-order valence-electron chi connectivity index (χ4n) is 3.78. The van der Waals surface area contributed by atoms with Gasteiger partial charge in [-0.05, 0) is 49.2 Å². The summed E-state index contributed by atoms with van der Waals surface area (Å²) in [7, 11) is 1.63. The van der Waals surface area contributed by atoms with Crippen LogP contribution in [0.25, 0.3) is 11.3 Å². The smallest absolute Gasteiger partial charge is 0.269 e. The Morgan fingerprint density at radius 3 is 2.41 bits per heavy atom. The highest BCUT2D eigenvalue weighted by Gasteiger charge is 2.26. The highest BCUT2D eigenvalue weighted by molar-refractivity contribution is 5.92. The summed E-state index contributed by atoms with van der Waals surface area (Å²) < 4.78 is 5.39. The molecule has 0 saturated carbocycles. The van der Waals surface area contributed by atoms with Gasteiger partial charge in [-0.3, -0.25) is 14.9 Å². The SMILES string of the molecule is COc1ccccc1-c1ccc(N2CCC(C(=O)Nc3ccc([N+](=O)[O-])cc3)CC2)nn1. The highest BCUT2D eigenvalue weighted by atomic mass is 16.6. The molecule has 2 aromatic carbocycles.